The van der Waals surface area contributed by atoms with E-state index in [-0.39, 0.29) is 0 Å². The zero-order valence-electron chi connectivity index (χ0n) is 11.6. The number of thioether (sulfide) groups is 1. The molecule has 1 N–H and O–H groups in total. The second kappa shape index (κ2) is 7.71. The minimum Gasteiger partial charge on any atom is -0.330 e. The first-order chi connectivity index (χ1) is 10.8. The summed E-state index contributed by atoms with van der Waals surface area (Å²) in [6.45, 7) is 0. The third-order valence-corrected chi connectivity index (χ3v) is 5.26. The highest BCUT2D eigenvalue weighted by Crippen LogP contribution is 2.28. The molecule has 4 nitrogen and oxygen atoms in total. The van der Waals surface area contributed by atoms with Crippen molar-refractivity contribution in [2.45, 2.75) is 10.8 Å². The molecule has 0 saturated heterocycles. The van der Waals surface area contributed by atoms with Gasteiger partial charge in [-0.1, -0.05) is 51.2 Å². The van der Waals surface area contributed by atoms with Crippen LogP contribution in [0.2, 0.25) is 0 Å². The average molecular weight is 393 g/mol. The van der Waals surface area contributed by atoms with E-state index in [0.29, 0.717) is 0 Å². The smallest absolute Gasteiger partial charge is 0.210 e. The van der Waals surface area contributed by atoms with Crippen LogP contribution in [0.3, 0.4) is 0 Å². The van der Waals surface area contributed by atoms with Crippen molar-refractivity contribution in [3.63, 3.8) is 0 Å². The standard InChI is InChI=1S/C15H13BrN4S2/c16-11-4-3-6-13(10-11)18-14-19-20-15(22-14)21-9-7-12-5-1-2-8-17-12/h1-6,8,10H,7,9H2,(H,18,19). The number of hydrogen-bond acceptors (Lipinski definition) is 6. The molecule has 22 heavy (non-hydrogen) atoms. The van der Waals surface area contributed by atoms with Crippen LogP contribution in [0.25, 0.3) is 0 Å². The van der Waals surface area contributed by atoms with Gasteiger partial charge < -0.3 is 5.32 Å². The van der Waals surface area contributed by atoms with Gasteiger partial charge in [-0.2, -0.15) is 0 Å². The van der Waals surface area contributed by atoms with Gasteiger partial charge in [0.05, 0.1) is 0 Å². The van der Waals surface area contributed by atoms with Gasteiger partial charge in [0.2, 0.25) is 5.13 Å². The molecule has 0 amide bonds. The van der Waals surface area contributed by atoms with Crippen molar-refractivity contribution < 1.29 is 0 Å². The zero-order valence-corrected chi connectivity index (χ0v) is 14.8. The van der Waals surface area contributed by atoms with Gasteiger partial charge >= 0.3 is 0 Å². The van der Waals surface area contributed by atoms with Crippen LogP contribution in [0.4, 0.5) is 10.8 Å². The normalized spacial score (nSPS) is 10.6. The van der Waals surface area contributed by atoms with Crippen molar-refractivity contribution in [3.05, 3.63) is 58.8 Å². The maximum Gasteiger partial charge on any atom is 0.210 e. The number of pyridine rings is 1. The van der Waals surface area contributed by atoms with Crippen LogP contribution >= 0.6 is 39.0 Å². The minimum absolute atomic E-state index is 0.804. The lowest BCUT2D eigenvalue weighted by Gasteiger charge is -2.01. The van der Waals surface area contributed by atoms with Gasteiger partial charge in [-0.05, 0) is 36.8 Å². The molecule has 2 aromatic heterocycles. The quantitative estimate of drug-likeness (QED) is 0.611. The van der Waals surface area contributed by atoms with E-state index in [1.807, 2.05) is 48.7 Å². The lowest BCUT2D eigenvalue weighted by molar-refractivity contribution is 1.00. The van der Waals surface area contributed by atoms with Crippen molar-refractivity contribution >= 4 is 49.8 Å². The van der Waals surface area contributed by atoms with Gasteiger partial charge in [-0.15, -0.1) is 10.2 Å². The highest BCUT2D eigenvalue weighted by atomic mass is 79.9. The summed E-state index contributed by atoms with van der Waals surface area (Å²) in [5.74, 6) is 0.947. The highest BCUT2D eigenvalue weighted by Gasteiger charge is 2.05. The summed E-state index contributed by atoms with van der Waals surface area (Å²) in [6.07, 6.45) is 2.75. The number of aromatic nitrogens is 3. The van der Waals surface area contributed by atoms with Gasteiger partial charge in [0.15, 0.2) is 4.34 Å². The van der Waals surface area contributed by atoms with Crippen molar-refractivity contribution in [2.75, 3.05) is 11.1 Å². The molecule has 0 bridgehead atoms. The lowest BCUT2D eigenvalue weighted by atomic mass is 10.3. The summed E-state index contributed by atoms with van der Waals surface area (Å²) in [5, 5.41) is 12.4. The van der Waals surface area contributed by atoms with Crippen molar-refractivity contribution in [3.8, 4) is 0 Å². The van der Waals surface area contributed by atoms with Gasteiger partial charge in [-0.3, -0.25) is 4.98 Å². The van der Waals surface area contributed by atoms with E-state index in [0.717, 1.165) is 37.5 Å². The molecule has 112 valence electrons. The number of nitrogens with one attached hydrogen (secondary N) is 1. The number of aryl methyl sites for hydroxylation is 1. The fourth-order valence-electron chi connectivity index (χ4n) is 1.80. The second-order valence-electron chi connectivity index (χ2n) is 4.43. The lowest BCUT2D eigenvalue weighted by Crippen LogP contribution is -1.91. The summed E-state index contributed by atoms with van der Waals surface area (Å²) >= 11 is 6.72. The van der Waals surface area contributed by atoms with Crippen LogP contribution in [-0.2, 0) is 6.42 Å². The predicted molar refractivity (Wildman–Crippen MR) is 96.0 cm³/mol. The van der Waals surface area contributed by atoms with Crippen LogP contribution < -0.4 is 5.32 Å². The maximum absolute atomic E-state index is 4.32. The second-order valence-corrected chi connectivity index (χ2v) is 7.66. The molecule has 0 atom stereocenters. The Kier molecular flexibility index (Phi) is 5.42. The Morgan fingerprint density at radius 3 is 2.91 bits per heavy atom. The monoisotopic (exact) mass is 392 g/mol. The average Bonchev–Trinajstić information content (AvgIpc) is 2.96. The summed E-state index contributed by atoms with van der Waals surface area (Å²) in [6, 6.07) is 14.0. The molecule has 7 heteroatoms. The molecule has 3 rings (SSSR count). The maximum atomic E-state index is 4.32. The van der Waals surface area contributed by atoms with Gasteiger partial charge in [-0.25, -0.2) is 0 Å². The van der Waals surface area contributed by atoms with Crippen molar-refractivity contribution in [1.29, 1.82) is 0 Å². The Morgan fingerprint density at radius 1 is 1.14 bits per heavy atom. The van der Waals surface area contributed by atoms with E-state index in [1.165, 1.54) is 0 Å². The first-order valence-electron chi connectivity index (χ1n) is 6.68. The third-order valence-electron chi connectivity index (χ3n) is 2.79. The Labute approximate surface area is 145 Å². The Bertz CT molecular complexity index is 733. The van der Waals surface area contributed by atoms with Crippen LogP contribution in [0, 0.1) is 0 Å². The number of nitrogens with zero attached hydrogens (tertiary/aromatic N) is 3. The van der Waals surface area contributed by atoms with Crippen molar-refractivity contribution in [2.24, 2.45) is 0 Å². The first-order valence-corrected chi connectivity index (χ1v) is 9.28. The number of rotatable bonds is 6. The molecule has 0 unspecified atom stereocenters. The number of halogens is 1. The van der Waals surface area contributed by atoms with E-state index in [9.17, 15) is 0 Å². The van der Waals surface area contributed by atoms with E-state index >= 15 is 0 Å². The molecule has 0 saturated carbocycles. The zero-order chi connectivity index (χ0) is 15.2. The Balaban J connectivity index is 1.53. The molecule has 0 fully saturated rings. The SMILES string of the molecule is Brc1cccc(Nc2nnc(SCCc3ccccn3)s2)c1. The summed E-state index contributed by atoms with van der Waals surface area (Å²) in [4.78, 5) is 4.32. The molecule has 0 spiro atoms. The molecule has 0 radical (unpaired) electrons. The molecule has 0 aliphatic rings. The number of benzene rings is 1. The molecular weight excluding hydrogens is 380 g/mol. The number of hydrogen-bond donors (Lipinski definition) is 1. The summed E-state index contributed by atoms with van der Waals surface area (Å²) in [7, 11) is 0. The van der Waals surface area contributed by atoms with Crippen LogP contribution in [0.15, 0.2) is 57.5 Å². The molecule has 3 aromatic rings. The fourth-order valence-corrected chi connectivity index (χ4v) is 4.00. The summed E-state index contributed by atoms with van der Waals surface area (Å²) in [5.41, 5.74) is 2.10. The van der Waals surface area contributed by atoms with E-state index < -0.39 is 0 Å². The Hall–Kier alpha value is -1.44. The van der Waals surface area contributed by atoms with Crippen LogP contribution in [0.1, 0.15) is 5.69 Å². The topological polar surface area (TPSA) is 50.7 Å². The minimum atomic E-state index is 0.804. The van der Waals surface area contributed by atoms with Gasteiger partial charge in [0.1, 0.15) is 0 Å². The molecule has 1 aromatic carbocycles. The van der Waals surface area contributed by atoms with Gasteiger partial charge in [0.25, 0.3) is 0 Å². The van der Waals surface area contributed by atoms with E-state index in [4.69, 9.17) is 0 Å². The Morgan fingerprint density at radius 2 is 2.09 bits per heavy atom. The molecule has 0 aliphatic carbocycles. The van der Waals surface area contributed by atoms with Gasteiger partial charge in [0, 0.05) is 27.8 Å². The first kappa shape index (κ1) is 15.5. The van der Waals surface area contributed by atoms with Crippen molar-refractivity contribution in [1.82, 2.24) is 15.2 Å². The summed E-state index contributed by atoms with van der Waals surface area (Å²) < 4.78 is 2.00. The largest absolute Gasteiger partial charge is 0.330 e. The number of anilines is 2. The molecule has 0 aliphatic heterocycles. The van der Waals surface area contributed by atoms with E-state index in [2.05, 4.69) is 36.4 Å². The highest BCUT2D eigenvalue weighted by molar-refractivity contribution is 9.10. The third kappa shape index (κ3) is 4.53. The van der Waals surface area contributed by atoms with Crippen LogP contribution in [-0.4, -0.2) is 20.9 Å². The van der Waals surface area contributed by atoms with Crippen LogP contribution in [0.5, 0.6) is 0 Å². The molecular formula is C15H13BrN4S2. The van der Waals surface area contributed by atoms with E-state index in [1.54, 1.807) is 23.1 Å². The predicted octanol–water partition coefficient (Wildman–Crippen LogP) is 4.77. The molecule has 2 heterocycles. The fraction of sp³-hybridized carbons (Fsp3) is 0.133.